The molecule has 1 amide bonds. The summed E-state index contributed by atoms with van der Waals surface area (Å²) in [6.07, 6.45) is 2.21. The Bertz CT molecular complexity index is 311. The van der Waals surface area contributed by atoms with Crippen LogP contribution in [-0.4, -0.2) is 53.8 Å². The summed E-state index contributed by atoms with van der Waals surface area (Å²) in [6.45, 7) is 8.44. The molecular formula is C14H26N2O2S. The van der Waals surface area contributed by atoms with Crippen molar-refractivity contribution >= 4 is 17.9 Å². The highest BCUT2D eigenvalue weighted by atomic mass is 32.2. The van der Waals surface area contributed by atoms with Crippen LogP contribution >= 0.6 is 11.8 Å². The van der Waals surface area contributed by atoms with E-state index in [0.29, 0.717) is 12.0 Å². The molecule has 2 saturated heterocycles. The van der Waals surface area contributed by atoms with E-state index in [9.17, 15) is 4.79 Å². The molecule has 0 aromatic rings. The number of rotatable bonds is 3. The number of carbonyl (C=O) groups is 1. The predicted octanol–water partition coefficient (Wildman–Crippen LogP) is 2.34. The highest BCUT2D eigenvalue weighted by Crippen LogP contribution is 2.21. The Morgan fingerprint density at radius 2 is 2.21 bits per heavy atom. The second-order valence-corrected chi connectivity index (χ2v) is 7.70. The van der Waals surface area contributed by atoms with E-state index >= 15 is 0 Å². The maximum absolute atomic E-state index is 11.9. The molecule has 2 aliphatic heterocycles. The quantitative estimate of drug-likeness (QED) is 0.864. The van der Waals surface area contributed by atoms with Crippen molar-refractivity contribution in [2.24, 2.45) is 5.92 Å². The van der Waals surface area contributed by atoms with E-state index in [1.54, 1.807) is 0 Å². The third kappa shape index (κ3) is 4.88. The lowest BCUT2D eigenvalue weighted by atomic mass is 10.1. The van der Waals surface area contributed by atoms with Gasteiger partial charge in [-0.05, 0) is 45.3 Å². The van der Waals surface area contributed by atoms with Gasteiger partial charge in [-0.1, -0.05) is 0 Å². The number of hydrogen-bond acceptors (Lipinski definition) is 4. The topological polar surface area (TPSA) is 41.6 Å². The fraction of sp³-hybridized carbons (Fsp3) is 0.929. The first-order valence-electron chi connectivity index (χ1n) is 7.23. The number of thioether (sulfide) groups is 1. The molecule has 0 unspecified atom stereocenters. The summed E-state index contributed by atoms with van der Waals surface area (Å²) in [5.74, 6) is 3.10. The maximum atomic E-state index is 11.9. The minimum Gasteiger partial charge on any atom is -0.444 e. The van der Waals surface area contributed by atoms with Crippen LogP contribution in [0, 0.1) is 5.92 Å². The second-order valence-electron chi connectivity index (χ2n) is 6.55. The third-order valence-electron chi connectivity index (χ3n) is 3.56. The summed E-state index contributed by atoms with van der Waals surface area (Å²) in [5.41, 5.74) is -0.394. The lowest BCUT2D eigenvalue weighted by molar-refractivity contribution is 0.0288. The van der Waals surface area contributed by atoms with Gasteiger partial charge in [0.1, 0.15) is 5.60 Å². The highest BCUT2D eigenvalue weighted by Gasteiger charge is 2.30. The minimum atomic E-state index is -0.394. The molecule has 0 spiro atoms. The fourth-order valence-corrected chi connectivity index (χ4v) is 3.71. The van der Waals surface area contributed by atoms with Crippen molar-refractivity contribution in [1.29, 1.82) is 0 Å². The van der Waals surface area contributed by atoms with Crippen molar-refractivity contribution in [2.45, 2.75) is 45.3 Å². The molecule has 0 aromatic heterocycles. The fourth-order valence-electron chi connectivity index (χ4n) is 2.52. The van der Waals surface area contributed by atoms with Crippen molar-refractivity contribution in [2.75, 3.05) is 31.1 Å². The smallest absolute Gasteiger partial charge is 0.410 e. The van der Waals surface area contributed by atoms with E-state index in [1.165, 1.54) is 17.9 Å². The van der Waals surface area contributed by atoms with Crippen LogP contribution in [0.5, 0.6) is 0 Å². The first kappa shape index (κ1) is 15.0. The van der Waals surface area contributed by atoms with Gasteiger partial charge in [0.25, 0.3) is 0 Å². The van der Waals surface area contributed by atoms with Gasteiger partial charge in [-0.15, -0.1) is 0 Å². The Hall–Kier alpha value is -0.420. The van der Waals surface area contributed by atoms with Gasteiger partial charge in [0.2, 0.25) is 0 Å². The SMILES string of the molecule is CC(C)(C)OC(=O)N1CC[C@@H](CN[C@@H]2CCSC2)C1. The van der Waals surface area contributed by atoms with Gasteiger partial charge in [-0.25, -0.2) is 4.79 Å². The molecule has 1 N–H and O–H groups in total. The first-order valence-corrected chi connectivity index (χ1v) is 8.38. The molecular weight excluding hydrogens is 260 g/mol. The Labute approximate surface area is 120 Å². The lowest BCUT2D eigenvalue weighted by Crippen LogP contribution is -2.37. The van der Waals surface area contributed by atoms with E-state index in [1.807, 2.05) is 37.4 Å². The van der Waals surface area contributed by atoms with Crippen molar-refractivity contribution < 1.29 is 9.53 Å². The van der Waals surface area contributed by atoms with Gasteiger partial charge >= 0.3 is 6.09 Å². The number of ether oxygens (including phenoxy) is 1. The van der Waals surface area contributed by atoms with Crippen LogP contribution < -0.4 is 5.32 Å². The molecule has 0 aliphatic carbocycles. The monoisotopic (exact) mass is 286 g/mol. The molecule has 0 saturated carbocycles. The van der Waals surface area contributed by atoms with Crippen LogP contribution in [-0.2, 0) is 4.74 Å². The van der Waals surface area contributed by atoms with Crippen molar-refractivity contribution in [3.8, 4) is 0 Å². The van der Waals surface area contributed by atoms with Crippen molar-refractivity contribution in [3.63, 3.8) is 0 Å². The lowest BCUT2D eigenvalue weighted by Gasteiger charge is -2.24. The van der Waals surface area contributed by atoms with E-state index in [4.69, 9.17) is 4.74 Å². The summed E-state index contributed by atoms with van der Waals surface area (Å²) in [4.78, 5) is 13.8. The molecule has 2 atom stereocenters. The summed E-state index contributed by atoms with van der Waals surface area (Å²) in [5, 5.41) is 3.63. The van der Waals surface area contributed by atoms with E-state index < -0.39 is 5.60 Å². The molecule has 19 heavy (non-hydrogen) atoms. The van der Waals surface area contributed by atoms with Gasteiger partial charge in [0.15, 0.2) is 0 Å². The Morgan fingerprint density at radius 1 is 1.42 bits per heavy atom. The van der Waals surface area contributed by atoms with E-state index in [0.717, 1.165) is 26.1 Å². The molecule has 2 aliphatic rings. The zero-order chi connectivity index (χ0) is 13.9. The average molecular weight is 286 g/mol. The number of nitrogens with one attached hydrogen (secondary N) is 1. The number of carbonyl (C=O) groups excluding carboxylic acids is 1. The Kier molecular flexibility index (Phi) is 5.01. The Morgan fingerprint density at radius 3 is 2.84 bits per heavy atom. The van der Waals surface area contributed by atoms with Gasteiger partial charge < -0.3 is 15.0 Å². The average Bonchev–Trinajstić information content (AvgIpc) is 2.96. The van der Waals surface area contributed by atoms with Crippen LogP contribution in [0.3, 0.4) is 0 Å². The summed E-state index contributed by atoms with van der Waals surface area (Å²) < 4.78 is 5.41. The zero-order valence-corrected chi connectivity index (χ0v) is 13.1. The molecule has 4 nitrogen and oxygen atoms in total. The molecule has 5 heteroatoms. The van der Waals surface area contributed by atoms with Crippen LogP contribution in [0.15, 0.2) is 0 Å². The molecule has 0 bridgehead atoms. The van der Waals surface area contributed by atoms with Gasteiger partial charge in [0.05, 0.1) is 0 Å². The van der Waals surface area contributed by atoms with Crippen molar-refractivity contribution in [3.05, 3.63) is 0 Å². The van der Waals surface area contributed by atoms with Crippen LogP contribution in [0.1, 0.15) is 33.6 Å². The van der Waals surface area contributed by atoms with E-state index in [2.05, 4.69) is 5.32 Å². The Balaban J connectivity index is 1.68. The predicted molar refractivity (Wildman–Crippen MR) is 79.6 cm³/mol. The van der Waals surface area contributed by atoms with Crippen LogP contribution in [0.4, 0.5) is 4.79 Å². The first-order chi connectivity index (χ1) is 8.94. The van der Waals surface area contributed by atoms with E-state index in [-0.39, 0.29) is 6.09 Å². The van der Waals surface area contributed by atoms with Gasteiger partial charge in [-0.3, -0.25) is 0 Å². The number of nitrogens with zero attached hydrogens (tertiary/aromatic N) is 1. The minimum absolute atomic E-state index is 0.161. The second kappa shape index (κ2) is 6.35. The molecule has 0 radical (unpaired) electrons. The normalized spacial score (nSPS) is 27.8. The van der Waals surface area contributed by atoms with Crippen LogP contribution in [0.2, 0.25) is 0 Å². The number of amides is 1. The molecule has 2 heterocycles. The maximum Gasteiger partial charge on any atom is 0.410 e. The largest absolute Gasteiger partial charge is 0.444 e. The summed E-state index contributed by atoms with van der Waals surface area (Å²) in [7, 11) is 0. The molecule has 0 aromatic carbocycles. The van der Waals surface area contributed by atoms with Crippen LogP contribution in [0.25, 0.3) is 0 Å². The van der Waals surface area contributed by atoms with Gasteiger partial charge in [0, 0.05) is 31.4 Å². The number of likely N-dealkylation sites (tertiary alicyclic amines) is 1. The molecule has 2 fully saturated rings. The summed E-state index contributed by atoms with van der Waals surface area (Å²) >= 11 is 2.03. The zero-order valence-electron chi connectivity index (χ0n) is 12.3. The summed E-state index contributed by atoms with van der Waals surface area (Å²) in [6, 6.07) is 0.681. The highest BCUT2D eigenvalue weighted by molar-refractivity contribution is 7.99. The third-order valence-corrected chi connectivity index (χ3v) is 4.72. The number of hydrogen-bond donors (Lipinski definition) is 1. The van der Waals surface area contributed by atoms with Gasteiger partial charge in [-0.2, -0.15) is 11.8 Å². The standard InChI is InChI=1S/C14H26N2O2S/c1-14(2,3)18-13(17)16-6-4-11(9-16)8-15-12-5-7-19-10-12/h11-12,15H,4-10H2,1-3H3/t11-,12+/m0/s1. The molecule has 110 valence electrons. The molecule has 2 rings (SSSR count). The van der Waals surface area contributed by atoms with Crippen molar-refractivity contribution in [1.82, 2.24) is 10.2 Å².